The molecule has 0 amide bonds. The Kier molecular flexibility index (Phi) is 4.75. The van der Waals surface area contributed by atoms with Gasteiger partial charge in [0.15, 0.2) is 5.82 Å². The third-order valence-electron chi connectivity index (χ3n) is 2.91. The Labute approximate surface area is 136 Å². The molecule has 0 aliphatic rings. The number of halogens is 2. The van der Waals surface area contributed by atoms with Crippen molar-refractivity contribution in [2.75, 3.05) is 0 Å². The van der Waals surface area contributed by atoms with Gasteiger partial charge in [0.2, 0.25) is 0 Å². The van der Waals surface area contributed by atoms with E-state index in [1.54, 1.807) is 4.57 Å². The van der Waals surface area contributed by atoms with E-state index >= 15 is 0 Å². The molecule has 1 aromatic carbocycles. The molecule has 0 bridgehead atoms. The van der Waals surface area contributed by atoms with Crippen LogP contribution in [0, 0.1) is 12.8 Å². The standard InChI is InChI=1S/C13H15BrClN3O2S/c1-8(2)7-18-12(16-17-13(18)21(15,19)20)11-5-4-10(14)6-9(11)3/h4-6,8H,7H2,1-3H3. The number of nitrogens with zero attached hydrogens (tertiary/aromatic N) is 3. The number of aryl methyl sites for hydroxylation is 1. The third kappa shape index (κ3) is 3.64. The monoisotopic (exact) mass is 391 g/mol. The molecule has 8 heteroatoms. The highest BCUT2D eigenvalue weighted by molar-refractivity contribution is 9.10. The summed E-state index contributed by atoms with van der Waals surface area (Å²) in [6, 6.07) is 5.70. The van der Waals surface area contributed by atoms with Crippen molar-refractivity contribution in [3.8, 4) is 11.4 Å². The second-order valence-electron chi connectivity index (χ2n) is 5.21. The Morgan fingerprint density at radius 1 is 1.33 bits per heavy atom. The van der Waals surface area contributed by atoms with E-state index in [4.69, 9.17) is 10.7 Å². The molecule has 0 spiro atoms. The van der Waals surface area contributed by atoms with Crippen molar-refractivity contribution in [2.24, 2.45) is 5.92 Å². The maximum absolute atomic E-state index is 11.7. The smallest absolute Gasteiger partial charge is 0.296 e. The van der Waals surface area contributed by atoms with Crippen LogP contribution in [0.2, 0.25) is 0 Å². The predicted octanol–water partition coefficient (Wildman–Crippen LogP) is 3.60. The minimum absolute atomic E-state index is 0.213. The molecule has 0 radical (unpaired) electrons. The van der Waals surface area contributed by atoms with E-state index < -0.39 is 9.05 Å². The second-order valence-corrected chi connectivity index (χ2v) is 8.58. The van der Waals surface area contributed by atoms with E-state index in [2.05, 4.69) is 26.1 Å². The Bertz CT molecular complexity index is 772. The number of rotatable bonds is 4. The molecule has 0 unspecified atom stereocenters. The largest absolute Gasteiger partial charge is 0.297 e. The molecule has 0 N–H and O–H groups in total. The molecule has 0 fully saturated rings. The average Bonchev–Trinajstić information content (AvgIpc) is 2.71. The summed E-state index contributed by atoms with van der Waals surface area (Å²) in [4.78, 5) is 0. The summed E-state index contributed by atoms with van der Waals surface area (Å²) in [5.41, 5.74) is 1.80. The normalized spacial score (nSPS) is 12.1. The van der Waals surface area contributed by atoms with Crippen LogP contribution < -0.4 is 0 Å². The van der Waals surface area contributed by atoms with E-state index in [0.29, 0.717) is 12.4 Å². The Hall–Kier alpha value is -0.920. The van der Waals surface area contributed by atoms with Gasteiger partial charge in [0.05, 0.1) is 0 Å². The van der Waals surface area contributed by atoms with Gasteiger partial charge in [-0.2, -0.15) is 0 Å². The van der Waals surface area contributed by atoms with Gasteiger partial charge in [-0.1, -0.05) is 29.8 Å². The van der Waals surface area contributed by atoms with Crippen LogP contribution in [-0.2, 0) is 15.6 Å². The number of hydrogen-bond acceptors (Lipinski definition) is 4. The SMILES string of the molecule is Cc1cc(Br)ccc1-c1nnc(S(=O)(=O)Cl)n1CC(C)C. The molecule has 0 aliphatic heterocycles. The van der Waals surface area contributed by atoms with Crippen LogP contribution in [0.1, 0.15) is 19.4 Å². The molecule has 0 aliphatic carbocycles. The lowest BCUT2D eigenvalue weighted by atomic mass is 10.1. The molecule has 5 nitrogen and oxygen atoms in total. The summed E-state index contributed by atoms with van der Waals surface area (Å²) in [6.45, 7) is 6.38. The summed E-state index contributed by atoms with van der Waals surface area (Å²) >= 11 is 3.40. The van der Waals surface area contributed by atoms with Crippen molar-refractivity contribution in [1.29, 1.82) is 0 Å². The molecule has 1 heterocycles. The molecule has 114 valence electrons. The first-order valence-electron chi connectivity index (χ1n) is 6.34. The second kappa shape index (κ2) is 6.06. The van der Waals surface area contributed by atoms with Gasteiger partial charge in [-0.05, 0) is 36.6 Å². The average molecular weight is 393 g/mol. The van der Waals surface area contributed by atoms with E-state index in [-0.39, 0.29) is 11.1 Å². The van der Waals surface area contributed by atoms with Gasteiger partial charge in [0.1, 0.15) is 0 Å². The number of aromatic nitrogens is 3. The molecule has 21 heavy (non-hydrogen) atoms. The van der Waals surface area contributed by atoms with Crippen LogP contribution in [0.25, 0.3) is 11.4 Å². The van der Waals surface area contributed by atoms with E-state index in [9.17, 15) is 8.42 Å². The molecule has 0 atom stereocenters. The molecule has 1 aromatic heterocycles. The van der Waals surface area contributed by atoms with Crippen molar-refractivity contribution >= 4 is 35.7 Å². The fourth-order valence-electron chi connectivity index (χ4n) is 2.08. The highest BCUT2D eigenvalue weighted by Gasteiger charge is 2.24. The summed E-state index contributed by atoms with van der Waals surface area (Å²) in [5.74, 6) is 0.737. The van der Waals surface area contributed by atoms with Gasteiger partial charge in [-0.25, -0.2) is 8.42 Å². The van der Waals surface area contributed by atoms with Crippen molar-refractivity contribution < 1.29 is 8.42 Å². The zero-order chi connectivity index (χ0) is 15.8. The molecular formula is C13H15BrClN3O2S. The van der Waals surface area contributed by atoms with E-state index in [1.165, 1.54) is 0 Å². The first-order valence-corrected chi connectivity index (χ1v) is 9.44. The van der Waals surface area contributed by atoms with Gasteiger partial charge in [-0.15, -0.1) is 10.2 Å². The lowest BCUT2D eigenvalue weighted by molar-refractivity contribution is 0.488. The van der Waals surface area contributed by atoms with Crippen molar-refractivity contribution in [1.82, 2.24) is 14.8 Å². The minimum atomic E-state index is -3.93. The third-order valence-corrected chi connectivity index (χ3v) is 4.56. The highest BCUT2D eigenvalue weighted by Crippen LogP contribution is 2.28. The zero-order valence-electron chi connectivity index (χ0n) is 11.8. The summed E-state index contributed by atoms with van der Waals surface area (Å²) in [5, 5.41) is 7.58. The quantitative estimate of drug-likeness (QED) is 0.746. The van der Waals surface area contributed by atoms with Gasteiger partial charge >= 0.3 is 0 Å². The maximum Gasteiger partial charge on any atom is 0.296 e. The number of hydrogen-bond donors (Lipinski definition) is 0. The lowest BCUT2D eigenvalue weighted by Gasteiger charge is -2.12. The van der Waals surface area contributed by atoms with Crippen molar-refractivity contribution in [3.05, 3.63) is 28.2 Å². The molecule has 2 aromatic rings. The fourth-order valence-corrected chi connectivity index (χ4v) is 3.46. The lowest BCUT2D eigenvalue weighted by Crippen LogP contribution is -2.12. The van der Waals surface area contributed by atoms with E-state index in [1.807, 2.05) is 39.0 Å². The molecule has 0 saturated heterocycles. The summed E-state index contributed by atoms with van der Waals surface area (Å²) in [7, 11) is 1.52. The number of benzene rings is 1. The maximum atomic E-state index is 11.7. The minimum Gasteiger partial charge on any atom is -0.297 e. The highest BCUT2D eigenvalue weighted by atomic mass is 79.9. The van der Waals surface area contributed by atoms with Gasteiger partial charge in [0.25, 0.3) is 14.2 Å². The summed E-state index contributed by atoms with van der Waals surface area (Å²) < 4.78 is 25.8. The van der Waals surface area contributed by atoms with Crippen LogP contribution in [0.5, 0.6) is 0 Å². The van der Waals surface area contributed by atoms with Gasteiger partial charge in [-0.3, -0.25) is 4.57 Å². The molecular weight excluding hydrogens is 378 g/mol. The van der Waals surface area contributed by atoms with Crippen LogP contribution >= 0.6 is 26.6 Å². The first-order chi connectivity index (χ1) is 9.70. The zero-order valence-corrected chi connectivity index (χ0v) is 15.0. The van der Waals surface area contributed by atoms with Crippen LogP contribution in [0.3, 0.4) is 0 Å². The predicted molar refractivity (Wildman–Crippen MR) is 85.8 cm³/mol. The molecule has 2 rings (SSSR count). The van der Waals surface area contributed by atoms with Crippen LogP contribution in [-0.4, -0.2) is 23.2 Å². The summed E-state index contributed by atoms with van der Waals surface area (Å²) in [6.07, 6.45) is 0. The Balaban J connectivity index is 2.66. The van der Waals surface area contributed by atoms with Gasteiger partial charge < -0.3 is 0 Å². The first kappa shape index (κ1) is 16.5. The Morgan fingerprint density at radius 3 is 2.52 bits per heavy atom. The van der Waals surface area contributed by atoms with E-state index in [0.717, 1.165) is 15.6 Å². The van der Waals surface area contributed by atoms with Crippen LogP contribution in [0.4, 0.5) is 0 Å². The van der Waals surface area contributed by atoms with Gasteiger partial charge in [0, 0.05) is 27.3 Å². The van der Waals surface area contributed by atoms with Crippen LogP contribution in [0.15, 0.2) is 27.8 Å². The van der Waals surface area contributed by atoms with Crippen molar-refractivity contribution in [2.45, 2.75) is 32.5 Å². The topological polar surface area (TPSA) is 64.8 Å². The fraction of sp³-hybridized carbons (Fsp3) is 0.385. The Morgan fingerprint density at radius 2 is 2.00 bits per heavy atom. The van der Waals surface area contributed by atoms with Crippen molar-refractivity contribution in [3.63, 3.8) is 0 Å². The molecule has 0 saturated carbocycles.